The van der Waals surface area contributed by atoms with E-state index in [0.29, 0.717) is 45.7 Å². The number of carboxylic acid groups (broad SMARTS) is 1. The van der Waals surface area contributed by atoms with Gasteiger partial charge in [0.1, 0.15) is 21.7 Å². The van der Waals surface area contributed by atoms with Gasteiger partial charge in [0.25, 0.3) is 5.91 Å². The van der Waals surface area contributed by atoms with Crippen LogP contribution in [0.4, 0.5) is 4.39 Å². The number of carboxylic acids is 1. The van der Waals surface area contributed by atoms with Crippen LogP contribution in [0.1, 0.15) is 25.0 Å². The van der Waals surface area contributed by atoms with Crippen molar-refractivity contribution in [1.29, 1.82) is 0 Å². The number of furan rings is 1. The van der Waals surface area contributed by atoms with Gasteiger partial charge in [-0.2, -0.15) is 0 Å². The molecule has 2 heterocycles. The Kier molecular flexibility index (Phi) is 6.08. The number of hydrogen-bond donors (Lipinski definition) is 0. The van der Waals surface area contributed by atoms with Gasteiger partial charge in [0.05, 0.1) is 10.5 Å². The molecule has 8 heteroatoms. The molecular formula is C19H15FNO4S2-. The molecule has 5 nitrogen and oxygen atoms in total. The van der Waals surface area contributed by atoms with Gasteiger partial charge in [0.15, 0.2) is 0 Å². The smallest absolute Gasteiger partial charge is 0.266 e. The number of carbonyl (C=O) groups excluding carboxylic acids is 2. The van der Waals surface area contributed by atoms with Crippen molar-refractivity contribution in [3.63, 3.8) is 0 Å². The van der Waals surface area contributed by atoms with Crippen molar-refractivity contribution in [3.8, 4) is 11.3 Å². The fourth-order valence-electron chi connectivity index (χ4n) is 2.60. The zero-order valence-corrected chi connectivity index (χ0v) is 15.8. The second kappa shape index (κ2) is 8.49. The number of amides is 1. The number of rotatable bonds is 7. The predicted octanol–water partition coefficient (Wildman–Crippen LogP) is 3.21. The highest BCUT2D eigenvalue weighted by molar-refractivity contribution is 8.26. The third kappa shape index (κ3) is 4.64. The maximum absolute atomic E-state index is 13.9. The monoisotopic (exact) mass is 404 g/mol. The first kappa shape index (κ1) is 19.3. The van der Waals surface area contributed by atoms with Crippen molar-refractivity contribution >= 4 is 46.3 Å². The molecule has 0 bridgehead atoms. The molecule has 1 fully saturated rings. The van der Waals surface area contributed by atoms with Crippen molar-refractivity contribution < 1.29 is 23.5 Å². The fourth-order valence-corrected chi connectivity index (χ4v) is 3.89. The molecule has 0 saturated carbocycles. The summed E-state index contributed by atoms with van der Waals surface area (Å²) in [7, 11) is 0. The van der Waals surface area contributed by atoms with Crippen LogP contribution in [-0.2, 0) is 9.59 Å². The predicted molar refractivity (Wildman–Crippen MR) is 103 cm³/mol. The first-order valence-electron chi connectivity index (χ1n) is 8.25. The normalized spacial score (nSPS) is 15.7. The number of carbonyl (C=O) groups is 2. The minimum atomic E-state index is -1.11. The Labute approximate surface area is 164 Å². The van der Waals surface area contributed by atoms with Gasteiger partial charge in [-0.15, -0.1) is 0 Å². The molecule has 1 aromatic heterocycles. The number of hydrogen-bond acceptors (Lipinski definition) is 6. The van der Waals surface area contributed by atoms with Gasteiger partial charge in [-0.1, -0.05) is 36.1 Å². The first-order valence-corrected chi connectivity index (χ1v) is 9.48. The quantitative estimate of drug-likeness (QED) is 0.401. The molecule has 1 aliphatic heterocycles. The molecule has 1 amide bonds. The van der Waals surface area contributed by atoms with Crippen molar-refractivity contribution in [2.24, 2.45) is 0 Å². The Bertz CT molecular complexity index is 922. The highest BCUT2D eigenvalue weighted by Gasteiger charge is 2.31. The van der Waals surface area contributed by atoms with Crippen LogP contribution >= 0.6 is 24.0 Å². The lowest BCUT2D eigenvalue weighted by Gasteiger charge is -2.14. The van der Waals surface area contributed by atoms with Gasteiger partial charge in [0, 0.05) is 18.6 Å². The van der Waals surface area contributed by atoms with Gasteiger partial charge in [-0.3, -0.25) is 9.69 Å². The van der Waals surface area contributed by atoms with E-state index in [-0.39, 0.29) is 18.1 Å². The van der Waals surface area contributed by atoms with Crippen LogP contribution in [0.25, 0.3) is 17.4 Å². The van der Waals surface area contributed by atoms with Crippen LogP contribution in [0.15, 0.2) is 45.7 Å². The van der Waals surface area contributed by atoms with E-state index in [9.17, 15) is 19.1 Å². The standard InChI is InChI=1S/C19H16FNO4S2/c20-14-6-2-1-5-13(14)15-9-8-12(25-15)11-16-18(24)21(19(26)27-16)10-4-3-7-17(22)23/h1-2,5-6,8-9,11H,3-4,7,10H2,(H,22,23)/p-1/b16-11+. The van der Waals surface area contributed by atoms with Gasteiger partial charge in [-0.05, 0) is 43.5 Å². The Morgan fingerprint density at radius 3 is 2.78 bits per heavy atom. The van der Waals surface area contributed by atoms with Crippen molar-refractivity contribution in [1.82, 2.24) is 4.90 Å². The van der Waals surface area contributed by atoms with Gasteiger partial charge < -0.3 is 14.3 Å². The molecule has 140 valence electrons. The Morgan fingerprint density at radius 2 is 2.04 bits per heavy atom. The molecule has 27 heavy (non-hydrogen) atoms. The minimum absolute atomic E-state index is 0.0458. The zero-order valence-electron chi connectivity index (χ0n) is 14.1. The summed E-state index contributed by atoms with van der Waals surface area (Å²) in [4.78, 5) is 24.8. The lowest BCUT2D eigenvalue weighted by Crippen LogP contribution is -2.29. The molecule has 2 aromatic rings. The number of aliphatic carboxylic acids is 1. The van der Waals surface area contributed by atoms with E-state index in [1.165, 1.54) is 11.0 Å². The van der Waals surface area contributed by atoms with Crippen LogP contribution in [0, 0.1) is 5.82 Å². The summed E-state index contributed by atoms with van der Waals surface area (Å²) in [6.07, 6.45) is 2.47. The van der Waals surface area contributed by atoms with E-state index in [1.54, 1.807) is 36.4 Å². The Hall–Kier alpha value is -2.45. The average Bonchev–Trinajstić information content (AvgIpc) is 3.18. The summed E-state index contributed by atoms with van der Waals surface area (Å²) < 4.78 is 19.9. The molecule has 0 aliphatic carbocycles. The van der Waals surface area contributed by atoms with Crippen LogP contribution in [-0.4, -0.2) is 27.6 Å². The fraction of sp³-hybridized carbons (Fsp3) is 0.211. The van der Waals surface area contributed by atoms with Gasteiger partial charge in [-0.25, -0.2) is 4.39 Å². The topological polar surface area (TPSA) is 73.6 Å². The molecule has 0 radical (unpaired) electrons. The largest absolute Gasteiger partial charge is 0.550 e. The molecule has 1 aliphatic rings. The van der Waals surface area contributed by atoms with E-state index in [1.807, 2.05) is 0 Å². The molecule has 1 aromatic carbocycles. The van der Waals surface area contributed by atoms with Crippen LogP contribution in [0.3, 0.4) is 0 Å². The summed E-state index contributed by atoms with van der Waals surface area (Å²) >= 11 is 6.38. The van der Waals surface area contributed by atoms with Crippen molar-refractivity contribution in [2.45, 2.75) is 19.3 Å². The third-order valence-corrected chi connectivity index (χ3v) is 5.30. The number of thioether (sulfide) groups is 1. The second-order valence-corrected chi connectivity index (χ2v) is 7.52. The lowest BCUT2D eigenvalue weighted by atomic mass is 10.1. The van der Waals surface area contributed by atoms with Gasteiger partial charge in [0.2, 0.25) is 0 Å². The van der Waals surface area contributed by atoms with Crippen LogP contribution < -0.4 is 5.11 Å². The SMILES string of the molecule is O=C([O-])CCCCN1C(=O)/C(=C\c2ccc(-c3ccccc3F)o2)SC1=S. The second-order valence-electron chi connectivity index (χ2n) is 5.84. The first-order chi connectivity index (χ1) is 13.0. The van der Waals surface area contributed by atoms with Crippen LogP contribution in [0.5, 0.6) is 0 Å². The van der Waals surface area contributed by atoms with Gasteiger partial charge >= 0.3 is 0 Å². The van der Waals surface area contributed by atoms with Crippen LogP contribution in [0.2, 0.25) is 0 Å². The van der Waals surface area contributed by atoms with E-state index < -0.39 is 5.97 Å². The van der Waals surface area contributed by atoms with E-state index in [2.05, 4.69) is 0 Å². The number of thiocarbonyl (C=S) groups is 1. The molecule has 3 rings (SSSR count). The maximum atomic E-state index is 13.9. The Balaban J connectivity index is 1.69. The molecular weight excluding hydrogens is 389 g/mol. The minimum Gasteiger partial charge on any atom is -0.550 e. The summed E-state index contributed by atoms with van der Waals surface area (Å²) in [5.74, 6) is -0.949. The number of nitrogens with zero attached hydrogens (tertiary/aromatic N) is 1. The molecule has 1 saturated heterocycles. The highest BCUT2D eigenvalue weighted by Crippen LogP contribution is 2.34. The Morgan fingerprint density at radius 1 is 1.26 bits per heavy atom. The van der Waals surface area contributed by atoms with E-state index in [0.717, 1.165) is 11.8 Å². The highest BCUT2D eigenvalue weighted by atomic mass is 32.2. The number of benzene rings is 1. The van der Waals surface area contributed by atoms with E-state index >= 15 is 0 Å². The maximum Gasteiger partial charge on any atom is 0.266 e. The average molecular weight is 404 g/mol. The zero-order chi connectivity index (χ0) is 19.4. The lowest BCUT2D eigenvalue weighted by molar-refractivity contribution is -0.305. The molecule has 0 spiro atoms. The summed E-state index contributed by atoms with van der Waals surface area (Å²) in [5.41, 5.74) is 0.345. The third-order valence-electron chi connectivity index (χ3n) is 3.93. The number of unbranched alkanes of at least 4 members (excludes halogenated alkanes) is 1. The summed E-state index contributed by atoms with van der Waals surface area (Å²) in [5, 5.41) is 10.4. The van der Waals surface area contributed by atoms with E-state index in [4.69, 9.17) is 16.6 Å². The van der Waals surface area contributed by atoms with Crippen molar-refractivity contribution in [3.05, 3.63) is 52.9 Å². The number of halogens is 1. The molecule has 0 N–H and O–H groups in total. The summed E-state index contributed by atoms with van der Waals surface area (Å²) in [6, 6.07) is 9.58. The molecule has 0 atom stereocenters. The molecule has 0 unspecified atom stereocenters. The van der Waals surface area contributed by atoms with Crippen molar-refractivity contribution in [2.75, 3.05) is 6.54 Å². The summed E-state index contributed by atoms with van der Waals surface area (Å²) in [6.45, 7) is 0.355.